The van der Waals surface area contributed by atoms with Gasteiger partial charge in [-0.3, -0.25) is 4.79 Å². The molecule has 20 heavy (non-hydrogen) atoms. The summed E-state index contributed by atoms with van der Waals surface area (Å²) in [6, 6.07) is 7.60. The van der Waals surface area contributed by atoms with Crippen molar-refractivity contribution in [1.29, 1.82) is 0 Å². The highest BCUT2D eigenvalue weighted by Gasteiger charge is 2.12. The first-order valence-electron chi connectivity index (χ1n) is 6.49. The highest BCUT2D eigenvalue weighted by atomic mass is 16.4. The van der Waals surface area contributed by atoms with Gasteiger partial charge in [-0.1, -0.05) is 26.0 Å². The molecule has 1 aromatic carbocycles. The largest absolute Gasteiger partial charge is 0.421 e. The van der Waals surface area contributed by atoms with Crippen LogP contribution in [0.3, 0.4) is 0 Å². The van der Waals surface area contributed by atoms with Crippen LogP contribution in [-0.4, -0.2) is 28.7 Å². The summed E-state index contributed by atoms with van der Waals surface area (Å²) in [5.41, 5.74) is 1.37. The number of anilines is 1. The predicted molar refractivity (Wildman–Crippen MR) is 76.2 cm³/mol. The van der Waals surface area contributed by atoms with E-state index in [4.69, 9.17) is 4.42 Å². The Morgan fingerprint density at radius 3 is 2.70 bits per heavy atom. The highest BCUT2D eigenvalue weighted by Crippen LogP contribution is 2.26. The number of para-hydroxylation sites is 1. The second kappa shape index (κ2) is 6.29. The Labute approximate surface area is 117 Å². The van der Waals surface area contributed by atoms with Crippen molar-refractivity contribution in [2.75, 3.05) is 11.9 Å². The fourth-order valence-electron chi connectivity index (χ4n) is 1.68. The van der Waals surface area contributed by atoms with Crippen LogP contribution < -0.4 is 10.6 Å². The minimum Gasteiger partial charge on any atom is -0.421 e. The summed E-state index contributed by atoms with van der Waals surface area (Å²) in [5, 5.41) is 13.7. The number of aromatic nitrogens is 2. The van der Waals surface area contributed by atoms with E-state index in [0.717, 1.165) is 0 Å². The monoisotopic (exact) mass is 274 g/mol. The van der Waals surface area contributed by atoms with Gasteiger partial charge in [0.25, 0.3) is 0 Å². The van der Waals surface area contributed by atoms with Gasteiger partial charge in [-0.05, 0) is 12.1 Å². The van der Waals surface area contributed by atoms with Gasteiger partial charge in [0.1, 0.15) is 0 Å². The maximum absolute atomic E-state index is 11.9. The molecular weight excluding hydrogens is 256 g/mol. The van der Waals surface area contributed by atoms with Crippen molar-refractivity contribution in [3.05, 3.63) is 30.2 Å². The summed E-state index contributed by atoms with van der Waals surface area (Å²) in [6.07, 6.45) is 0. The molecular formula is C14H18N4O2. The Morgan fingerprint density at radius 1 is 1.30 bits per heavy atom. The number of nitrogens with zero attached hydrogens (tertiary/aromatic N) is 2. The zero-order valence-electron chi connectivity index (χ0n) is 11.8. The first kappa shape index (κ1) is 14.2. The number of hydrogen-bond donors (Lipinski definition) is 2. The Bertz CT molecular complexity index is 592. The van der Waals surface area contributed by atoms with Crippen molar-refractivity contribution in [1.82, 2.24) is 15.5 Å². The average Bonchev–Trinajstić information content (AvgIpc) is 2.83. The molecule has 0 saturated carbocycles. The SMILES string of the molecule is Cc1nnc(-c2ccccc2NC(=O)CNC(C)C)o1. The van der Waals surface area contributed by atoms with Gasteiger partial charge in [0.2, 0.25) is 17.7 Å². The van der Waals surface area contributed by atoms with E-state index in [1.165, 1.54) is 0 Å². The van der Waals surface area contributed by atoms with Crippen LogP contribution in [-0.2, 0) is 4.79 Å². The number of nitrogens with one attached hydrogen (secondary N) is 2. The second-order valence-electron chi connectivity index (χ2n) is 4.76. The second-order valence-corrected chi connectivity index (χ2v) is 4.76. The molecule has 1 heterocycles. The fourth-order valence-corrected chi connectivity index (χ4v) is 1.68. The number of aryl methyl sites for hydroxylation is 1. The summed E-state index contributed by atoms with van der Waals surface area (Å²) in [4.78, 5) is 11.9. The van der Waals surface area contributed by atoms with Crippen LogP contribution in [0.5, 0.6) is 0 Å². The first-order chi connectivity index (χ1) is 9.56. The van der Waals surface area contributed by atoms with Gasteiger partial charge in [-0.2, -0.15) is 0 Å². The van der Waals surface area contributed by atoms with Crippen LogP contribution in [0.1, 0.15) is 19.7 Å². The van der Waals surface area contributed by atoms with Crippen LogP contribution in [0.15, 0.2) is 28.7 Å². The van der Waals surface area contributed by atoms with Gasteiger partial charge in [-0.25, -0.2) is 0 Å². The standard InChI is InChI=1S/C14H18N4O2/c1-9(2)15-8-13(19)16-12-7-5-4-6-11(12)14-18-17-10(3)20-14/h4-7,9,15H,8H2,1-3H3,(H,16,19). The number of benzene rings is 1. The molecule has 2 rings (SSSR count). The highest BCUT2D eigenvalue weighted by molar-refractivity contribution is 5.95. The van der Waals surface area contributed by atoms with Crippen LogP contribution in [0.2, 0.25) is 0 Å². The molecule has 0 aliphatic rings. The number of amides is 1. The van der Waals surface area contributed by atoms with Crippen LogP contribution in [0.25, 0.3) is 11.5 Å². The topological polar surface area (TPSA) is 80.0 Å². The third-order valence-electron chi connectivity index (χ3n) is 2.63. The zero-order valence-corrected chi connectivity index (χ0v) is 11.8. The Hall–Kier alpha value is -2.21. The molecule has 2 N–H and O–H groups in total. The first-order valence-corrected chi connectivity index (χ1v) is 6.49. The molecule has 2 aromatic rings. The Morgan fingerprint density at radius 2 is 2.05 bits per heavy atom. The quantitative estimate of drug-likeness (QED) is 0.871. The minimum absolute atomic E-state index is 0.109. The summed E-state index contributed by atoms with van der Waals surface area (Å²) in [7, 11) is 0. The lowest BCUT2D eigenvalue weighted by molar-refractivity contribution is -0.115. The molecule has 0 radical (unpaired) electrons. The summed E-state index contributed by atoms with van der Waals surface area (Å²) in [6.45, 7) is 5.96. The van der Waals surface area contributed by atoms with Crippen molar-refractivity contribution in [2.24, 2.45) is 0 Å². The normalized spacial score (nSPS) is 10.8. The Balaban J connectivity index is 2.14. The summed E-state index contributed by atoms with van der Waals surface area (Å²) < 4.78 is 5.40. The molecule has 0 bridgehead atoms. The molecule has 106 valence electrons. The number of carbonyl (C=O) groups is 1. The summed E-state index contributed by atoms with van der Waals surface area (Å²) in [5.74, 6) is 0.778. The molecule has 0 atom stereocenters. The number of carbonyl (C=O) groups excluding carboxylic acids is 1. The Kier molecular flexibility index (Phi) is 4.47. The maximum Gasteiger partial charge on any atom is 0.249 e. The molecule has 6 nitrogen and oxygen atoms in total. The molecule has 0 spiro atoms. The van der Waals surface area contributed by atoms with Crippen molar-refractivity contribution in [3.8, 4) is 11.5 Å². The molecule has 1 aromatic heterocycles. The minimum atomic E-state index is -0.109. The average molecular weight is 274 g/mol. The van der Waals surface area contributed by atoms with Crippen molar-refractivity contribution >= 4 is 11.6 Å². The number of hydrogen-bond acceptors (Lipinski definition) is 5. The van der Waals surface area contributed by atoms with Gasteiger partial charge in [0.15, 0.2) is 0 Å². The third-order valence-corrected chi connectivity index (χ3v) is 2.63. The van der Waals surface area contributed by atoms with Crippen LogP contribution in [0, 0.1) is 6.92 Å². The molecule has 0 saturated heterocycles. The smallest absolute Gasteiger partial charge is 0.249 e. The van der Waals surface area contributed by atoms with E-state index < -0.39 is 0 Å². The van der Waals surface area contributed by atoms with E-state index in [2.05, 4.69) is 20.8 Å². The van der Waals surface area contributed by atoms with Gasteiger partial charge in [0.05, 0.1) is 17.8 Å². The van der Waals surface area contributed by atoms with Crippen molar-refractivity contribution in [2.45, 2.75) is 26.8 Å². The lowest BCUT2D eigenvalue weighted by Crippen LogP contribution is -2.32. The van der Waals surface area contributed by atoms with Gasteiger partial charge in [0, 0.05) is 13.0 Å². The fraction of sp³-hybridized carbons (Fsp3) is 0.357. The van der Waals surface area contributed by atoms with Crippen molar-refractivity contribution < 1.29 is 9.21 Å². The summed E-state index contributed by atoms with van der Waals surface area (Å²) >= 11 is 0. The molecule has 0 aliphatic carbocycles. The number of rotatable bonds is 5. The van der Waals surface area contributed by atoms with E-state index in [9.17, 15) is 4.79 Å². The predicted octanol–water partition coefficient (Wildman–Crippen LogP) is 1.98. The van der Waals surface area contributed by atoms with E-state index in [0.29, 0.717) is 23.0 Å². The molecule has 0 fully saturated rings. The van der Waals surface area contributed by atoms with Crippen LogP contribution in [0.4, 0.5) is 5.69 Å². The molecule has 0 aliphatic heterocycles. The van der Waals surface area contributed by atoms with E-state index in [-0.39, 0.29) is 18.5 Å². The maximum atomic E-state index is 11.9. The zero-order chi connectivity index (χ0) is 14.5. The lowest BCUT2D eigenvalue weighted by Gasteiger charge is -2.10. The van der Waals surface area contributed by atoms with Crippen molar-refractivity contribution in [3.63, 3.8) is 0 Å². The van der Waals surface area contributed by atoms with Gasteiger partial charge in [-0.15, -0.1) is 10.2 Å². The third kappa shape index (κ3) is 3.64. The lowest BCUT2D eigenvalue weighted by atomic mass is 10.1. The van der Waals surface area contributed by atoms with E-state index >= 15 is 0 Å². The molecule has 6 heteroatoms. The molecule has 0 unspecified atom stereocenters. The van der Waals surface area contributed by atoms with Gasteiger partial charge >= 0.3 is 0 Å². The van der Waals surface area contributed by atoms with E-state index in [1.54, 1.807) is 6.92 Å². The molecule has 1 amide bonds. The van der Waals surface area contributed by atoms with E-state index in [1.807, 2.05) is 38.1 Å². The van der Waals surface area contributed by atoms with Crippen LogP contribution >= 0.6 is 0 Å². The van der Waals surface area contributed by atoms with Gasteiger partial charge < -0.3 is 15.1 Å².